The number of halogens is 1. The molecule has 0 atom stereocenters. The lowest BCUT2D eigenvalue weighted by Gasteiger charge is -2.10. The van der Waals surface area contributed by atoms with Crippen molar-refractivity contribution in [2.45, 2.75) is 26.7 Å². The molecule has 0 aliphatic carbocycles. The molecule has 0 aliphatic heterocycles. The molecule has 0 bridgehead atoms. The van der Waals surface area contributed by atoms with Crippen molar-refractivity contribution in [3.63, 3.8) is 0 Å². The van der Waals surface area contributed by atoms with Gasteiger partial charge >= 0.3 is 0 Å². The van der Waals surface area contributed by atoms with Crippen LogP contribution in [0.15, 0.2) is 18.2 Å². The molecule has 0 saturated heterocycles. The van der Waals surface area contributed by atoms with Crippen LogP contribution < -0.4 is 5.73 Å². The van der Waals surface area contributed by atoms with Crippen molar-refractivity contribution in [3.8, 4) is 0 Å². The highest BCUT2D eigenvalue weighted by Crippen LogP contribution is 2.23. The lowest BCUT2D eigenvalue weighted by atomic mass is 9.99. The van der Waals surface area contributed by atoms with Gasteiger partial charge < -0.3 is 5.73 Å². The molecule has 0 amide bonds. The molecule has 2 N–H and O–H groups in total. The van der Waals surface area contributed by atoms with Crippen LogP contribution in [0.3, 0.4) is 0 Å². The molecule has 1 aromatic rings. The van der Waals surface area contributed by atoms with Crippen LogP contribution in [0.5, 0.6) is 0 Å². The number of rotatable bonds is 1. The minimum atomic E-state index is 0. The van der Waals surface area contributed by atoms with Gasteiger partial charge in [-0.15, -0.1) is 0 Å². The number of nitrogen functional groups attached to an aromatic ring is 1. The Balaban J connectivity index is 0.00000121. The van der Waals surface area contributed by atoms with Crippen molar-refractivity contribution >= 4 is 5.69 Å². The van der Waals surface area contributed by atoms with Gasteiger partial charge in [-0.2, -0.15) is 0 Å². The summed E-state index contributed by atoms with van der Waals surface area (Å²) in [5.41, 5.74) is 9.26. The summed E-state index contributed by atoms with van der Waals surface area (Å²) in [6.45, 7) is 6.36. The fraction of sp³-hybridized carbons (Fsp3) is 0.400. The zero-order valence-electron chi connectivity index (χ0n) is 7.79. The van der Waals surface area contributed by atoms with E-state index in [2.05, 4.69) is 26.0 Å². The van der Waals surface area contributed by atoms with Gasteiger partial charge in [-0.05, 0) is 24.0 Å². The molecule has 0 radical (unpaired) electrons. The highest BCUT2D eigenvalue weighted by Gasteiger charge is 2.03. The highest BCUT2D eigenvalue weighted by molar-refractivity contribution is 5.54. The molecular formula is C10H16FN. The van der Waals surface area contributed by atoms with E-state index in [4.69, 9.17) is 5.73 Å². The second-order valence-electron chi connectivity index (χ2n) is 3.23. The van der Waals surface area contributed by atoms with E-state index < -0.39 is 0 Å². The maximum Gasteiger partial charge on any atom is 0.0378 e. The number of anilines is 1. The van der Waals surface area contributed by atoms with Crippen LogP contribution >= 0.6 is 0 Å². The SMILES string of the molecule is Cc1cccc(C(C)C)c1N.F. The third-order valence-electron chi connectivity index (χ3n) is 1.98. The average Bonchev–Trinajstić information content (AvgIpc) is 1.94. The molecule has 0 aliphatic rings. The van der Waals surface area contributed by atoms with Crippen LogP contribution in [0.2, 0.25) is 0 Å². The molecule has 0 unspecified atom stereocenters. The van der Waals surface area contributed by atoms with E-state index in [0.29, 0.717) is 5.92 Å². The van der Waals surface area contributed by atoms with Crippen molar-refractivity contribution in [2.24, 2.45) is 0 Å². The summed E-state index contributed by atoms with van der Waals surface area (Å²) < 4.78 is 0. The standard InChI is InChI=1S/C10H15N.FH/c1-7(2)9-6-4-5-8(3)10(9)11;/h4-7H,11H2,1-3H3;1H. The van der Waals surface area contributed by atoms with E-state index in [1.54, 1.807) is 0 Å². The molecule has 68 valence electrons. The monoisotopic (exact) mass is 169 g/mol. The molecule has 12 heavy (non-hydrogen) atoms. The Morgan fingerprint density at radius 3 is 2.25 bits per heavy atom. The number of para-hydroxylation sites is 1. The molecule has 0 aromatic heterocycles. The van der Waals surface area contributed by atoms with E-state index >= 15 is 0 Å². The summed E-state index contributed by atoms with van der Waals surface area (Å²) in [5, 5.41) is 0. The fourth-order valence-electron chi connectivity index (χ4n) is 1.21. The average molecular weight is 169 g/mol. The summed E-state index contributed by atoms with van der Waals surface area (Å²) in [4.78, 5) is 0. The molecule has 0 spiro atoms. The van der Waals surface area contributed by atoms with Crippen molar-refractivity contribution in [1.82, 2.24) is 0 Å². The predicted molar refractivity (Wildman–Crippen MR) is 52.2 cm³/mol. The predicted octanol–water partition coefficient (Wildman–Crippen LogP) is 2.85. The number of nitrogens with two attached hydrogens (primary N) is 1. The lowest BCUT2D eigenvalue weighted by molar-refractivity contribution is 0.868. The van der Waals surface area contributed by atoms with Crippen molar-refractivity contribution < 1.29 is 4.70 Å². The van der Waals surface area contributed by atoms with Gasteiger partial charge in [0.2, 0.25) is 0 Å². The maximum absolute atomic E-state index is 5.88. The van der Waals surface area contributed by atoms with E-state index in [-0.39, 0.29) is 4.70 Å². The molecule has 0 saturated carbocycles. The first kappa shape index (κ1) is 11.0. The van der Waals surface area contributed by atoms with Crippen LogP contribution in [0.1, 0.15) is 30.9 Å². The van der Waals surface area contributed by atoms with Crippen LogP contribution in [0.25, 0.3) is 0 Å². The van der Waals surface area contributed by atoms with Gasteiger partial charge in [0.1, 0.15) is 0 Å². The zero-order valence-corrected chi connectivity index (χ0v) is 7.79. The summed E-state index contributed by atoms with van der Waals surface area (Å²) >= 11 is 0. The van der Waals surface area contributed by atoms with E-state index in [1.807, 2.05) is 13.0 Å². The van der Waals surface area contributed by atoms with Crippen molar-refractivity contribution in [1.29, 1.82) is 0 Å². The number of hydrogen-bond acceptors (Lipinski definition) is 1. The Hall–Kier alpha value is -1.05. The molecule has 2 heteroatoms. The second-order valence-corrected chi connectivity index (χ2v) is 3.23. The Morgan fingerprint density at radius 1 is 1.25 bits per heavy atom. The van der Waals surface area contributed by atoms with Gasteiger partial charge in [-0.25, -0.2) is 0 Å². The fourth-order valence-corrected chi connectivity index (χ4v) is 1.21. The quantitative estimate of drug-likeness (QED) is 0.643. The Bertz CT molecular complexity index is 256. The first-order chi connectivity index (χ1) is 5.13. The molecule has 1 rings (SSSR count). The van der Waals surface area contributed by atoms with Crippen LogP contribution in [-0.2, 0) is 0 Å². The summed E-state index contributed by atoms with van der Waals surface area (Å²) in [6, 6.07) is 6.19. The van der Waals surface area contributed by atoms with Gasteiger partial charge in [0.15, 0.2) is 0 Å². The normalized spacial score (nSPS) is 9.67. The maximum atomic E-state index is 5.88. The van der Waals surface area contributed by atoms with E-state index in [9.17, 15) is 0 Å². The Labute approximate surface area is 73.0 Å². The zero-order chi connectivity index (χ0) is 8.43. The van der Waals surface area contributed by atoms with E-state index in [1.165, 1.54) is 11.1 Å². The minimum absolute atomic E-state index is 0. The number of hydrogen-bond donors (Lipinski definition) is 1. The van der Waals surface area contributed by atoms with Crippen LogP contribution in [0, 0.1) is 6.92 Å². The summed E-state index contributed by atoms with van der Waals surface area (Å²) in [5.74, 6) is 0.523. The largest absolute Gasteiger partial charge is 0.398 e. The number of aryl methyl sites for hydroxylation is 1. The lowest BCUT2D eigenvalue weighted by Crippen LogP contribution is -1.98. The smallest absolute Gasteiger partial charge is 0.0378 e. The first-order valence-corrected chi connectivity index (χ1v) is 3.98. The van der Waals surface area contributed by atoms with Gasteiger partial charge in [0, 0.05) is 5.69 Å². The summed E-state index contributed by atoms with van der Waals surface area (Å²) in [7, 11) is 0. The second kappa shape index (κ2) is 4.10. The Kier molecular flexibility index (Phi) is 3.74. The van der Waals surface area contributed by atoms with Gasteiger partial charge in [0.25, 0.3) is 0 Å². The van der Waals surface area contributed by atoms with Gasteiger partial charge in [-0.1, -0.05) is 32.0 Å². The Morgan fingerprint density at radius 2 is 1.83 bits per heavy atom. The molecule has 1 aromatic carbocycles. The first-order valence-electron chi connectivity index (χ1n) is 3.98. The van der Waals surface area contributed by atoms with Crippen LogP contribution in [-0.4, -0.2) is 0 Å². The molecule has 0 heterocycles. The topological polar surface area (TPSA) is 26.0 Å². The van der Waals surface area contributed by atoms with Crippen molar-refractivity contribution in [3.05, 3.63) is 29.3 Å². The van der Waals surface area contributed by atoms with E-state index in [0.717, 1.165) is 5.69 Å². The number of benzene rings is 1. The third-order valence-corrected chi connectivity index (χ3v) is 1.98. The molecule has 0 fully saturated rings. The van der Waals surface area contributed by atoms with Gasteiger partial charge in [-0.3, -0.25) is 4.70 Å². The minimum Gasteiger partial charge on any atom is -0.398 e. The van der Waals surface area contributed by atoms with Crippen molar-refractivity contribution in [2.75, 3.05) is 5.73 Å². The summed E-state index contributed by atoms with van der Waals surface area (Å²) in [6.07, 6.45) is 0. The third kappa shape index (κ3) is 1.97. The van der Waals surface area contributed by atoms with Gasteiger partial charge in [0.05, 0.1) is 0 Å². The molecular weight excluding hydrogens is 153 g/mol. The van der Waals surface area contributed by atoms with Crippen LogP contribution in [0.4, 0.5) is 10.4 Å². The molecule has 1 nitrogen and oxygen atoms in total. The highest BCUT2D eigenvalue weighted by atomic mass is 19.0.